The smallest absolute Gasteiger partial charge is 0.504 e. The van der Waals surface area contributed by atoms with E-state index in [4.69, 9.17) is 9.84 Å². The Morgan fingerprint density at radius 1 is 1.20 bits per heavy atom. The molecule has 0 unspecified atom stereocenters. The average molecular weight is 280 g/mol. The Balaban J connectivity index is 3.15. The first-order chi connectivity index (χ1) is 9.51. The first-order valence-corrected chi connectivity index (χ1v) is 7.26. The van der Waals surface area contributed by atoms with Crippen LogP contribution in [0.4, 0.5) is 4.79 Å². The fourth-order valence-electron chi connectivity index (χ4n) is 2.41. The normalized spacial score (nSPS) is 10.6. The lowest BCUT2D eigenvalue weighted by Gasteiger charge is -2.16. The summed E-state index contributed by atoms with van der Waals surface area (Å²) in [6.07, 6.45) is 4.34. The van der Waals surface area contributed by atoms with Crippen LogP contribution in [0.2, 0.25) is 0 Å². The van der Waals surface area contributed by atoms with Gasteiger partial charge in [0.15, 0.2) is 11.5 Å². The Labute approximate surface area is 120 Å². The van der Waals surface area contributed by atoms with E-state index in [1.807, 2.05) is 6.92 Å². The second-order valence-electron chi connectivity index (χ2n) is 5.06. The number of phenols is 1. The largest absolute Gasteiger partial charge is 0.511 e. The van der Waals surface area contributed by atoms with Gasteiger partial charge in [0.1, 0.15) is 0 Å². The van der Waals surface area contributed by atoms with Crippen molar-refractivity contribution in [1.29, 1.82) is 0 Å². The summed E-state index contributed by atoms with van der Waals surface area (Å²) in [5.74, 6) is 0.0268. The Morgan fingerprint density at radius 2 is 1.90 bits per heavy atom. The van der Waals surface area contributed by atoms with Crippen LogP contribution in [0, 0.1) is 6.92 Å². The molecule has 0 fully saturated rings. The van der Waals surface area contributed by atoms with Gasteiger partial charge in [-0.3, -0.25) is 0 Å². The van der Waals surface area contributed by atoms with Crippen molar-refractivity contribution >= 4 is 6.16 Å². The van der Waals surface area contributed by atoms with Gasteiger partial charge < -0.3 is 14.9 Å². The van der Waals surface area contributed by atoms with Crippen molar-refractivity contribution < 1.29 is 19.7 Å². The molecule has 1 rings (SSSR count). The number of aryl methyl sites for hydroxylation is 1. The summed E-state index contributed by atoms with van der Waals surface area (Å²) in [6, 6.07) is 1.64. The van der Waals surface area contributed by atoms with E-state index in [0.29, 0.717) is 0 Å². The number of carbonyl (C=O) groups is 1. The van der Waals surface area contributed by atoms with E-state index in [1.165, 1.54) is 0 Å². The molecule has 20 heavy (non-hydrogen) atoms. The van der Waals surface area contributed by atoms with Gasteiger partial charge in [0.25, 0.3) is 0 Å². The number of rotatable bonds is 7. The maximum atomic E-state index is 10.7. The number of hydrogen-bond donors (Lipinski definition) is 2. The highest BCUT2D eigenvalue weighted by atomic mass is 16.7. The van der Waals surface area contributed by atoms with Crippen LogP contribution in [0.1, 0.15) is 56.2 Å². The molecular formula is C16H24O4. The molecule has 0 saturated heterocycles. The first-order valence-electron chi connectivity index (χ1n) is 7.26. The molecule has 1 aromatic rings. The van der Waals surface area contributed by atoms with Gasteiger partial charge >= 0.3 is 6.16 Å². The highest BCUT2D eigenvalue weighted by molar-refractivity contribution is 5.65. The minimum Gasteiger partial charge on any atom is -0.504 e. The van der Waals surface area contributed by atoms with Gasteiger partial charge in [0.2, 0.25) is 0 Å². The van der Waals surface area contributed by atoms with Crippen molar-refractivity contribution in [3.05, 3.63) is 22.8 Å². The fraction of sp³-hybridized carbons (Fsp3) is 0.562. The molecule has 0 aliphatic rings. The van der Waals surface area contributed by atoms with Crippen LogP contribution < -0.4 is 4.74 Å². The minimum atomic E-state index is -1.40. The Morgan fingerprint density at radius 3 is 2.45 bits per heavy atom. The second kappa shape index (κ2) is 7.78. The third-order valence-corrected chi connectivity index (χ3v) is 3.51. The molecule has 4 nitrogen and oxygen atoms in total. The monoisotopic (exact) mass is 280 g/mol. The molecule has 0 radical (unpaired) electrons. The predicted octanol–water partition coefficient (Wildman–Crippen LogP) is 4.44. The molecule has 0 heterocycles. The molecule has 0 aromatic heterocycles. The lowest BCUT2D eigenvalue weighted by molar-refractivity contribution is 0.142. The summed E-state index contributed by atoms with van der Waals surface area (Å²) >= 11 is 0. The molecular weight excluding hydrogens is 256 g/mol. The quantitative estimate of drug-likeness (QED) is 0.440. The van der Waals surface area contributed by atoms with E-state index in [2.05, 4.69) is 13.8 Å². The molecule has 1 aromatic carbocycles. The SMILES string of the molecule is CCCCCc1c(C)c(CCC)cc(OC(=O)O)c1O. The second-order valence-corrected chi connectivity index (χ2v) is 5.06. The number of aromatic hydroxyl groups is 1. The highest BCUT2D eigenvalue weighted by Gasteiger charge is 2.17. The number of phenolic OH excluding ortho intramolecular Hbond substituents is 1. The fourth-order valence-corrected chi connectivity index (χ4v) is 2.41. The van der Waals surface area contributed by atoms with E-state index >= 15 is 0 Å². The standard InChI is InChI=1S/C16H24O4/c1-4-6-7-9-13-11(3)12(8-5-2)10-14(15(13)17)20-16(18)19/h10,17H,4-9H2,1-3H3,(H,18,19). The molecule has 0 bridgehead atoms. The molecule has 0 aliphatic carbocycles. The van der Waals surface area contributed by atoms with Crippen LogP contribution in [-0.4, -0.2) is 16.4 Å². The van der Waals surface area contributed by atoms with Crippen LogP contribution in [0.3, 0.4) is 0 Å². The summed E-state index contributed by atoms with van der Waals surface area (Å²) < 4.78 is 4.70. The van der Waals surface area contributed by atoms with Gasteiger partial charge in [-0.15, -0.1) is 0 Å². The van der Waals surface area contributed by atoms with E-state index in [1.54, 1.807) is 6.07 Å². The molecule has 0 amide bonds. The lowest BCUT2D eigenvalue weighted by Crippen LogP contribution is -2.06. The van der Waals surface area contributed by atoms with Crippen LogP contribution in [0.25, 0.3) is 0 Å². The van der Waals surface area contributed by atoms with Crippen LogP contribution >= 0.6 is 0 Å². The van der Waals surface area contributed by atoms with Gasteiger partial charge in [-0.1, -0.05) is 33.1 Å². The van der Waals surface area contributed by atoms with Crippen molar-refractivity contribution in [3.8, 4) is 11.5 Å². The van der Waals surface area contributed by atoms with Crippen molar-refractivity contribution in [2.75, 3.05) is 0 Å². The number of ether oxygens (including phenoxy) is 1. The molecule has 0 aliphatic heterocycles. The van der Waals surface area contributed by atoms with Crippen molar-refractivity contribution in [1.82, 2.24) is 0 Å². The van der Waals surface area contributed by atoms with Gasteiger partial charge in [0, 0.05) is 5.56 Å². The number of unbranched alkanes of at least 4 members (excludes halogenated alkanes) is 2. The van der Waals surface area contributed by atoms with Crippen molar-refractivity contribution in [2.24, 2.45) is 0 Å². The van der Waals surface area contributed by atoms with Crippen LogP contribution in [-0.2, 0) is 12.8 Å². The van der Waals surface area contributed by atoms with Crippen LogP contribution in [0.5, 0.6) is 11.5 Å². The molecule has 0 spiro atoms. The maximum Gasteiger partial charge on any atom is 0.511 e. The van der Waals surface area contributed by atoms with Gasteiger partial charge in [0.05, 0.1) is 0 Å². The summed E-state index contributed by atoms with van der Waals surface area (Å²) in [4.78, 5) is 10.7. The van der Waals surface area contributed by atoms with E-state index in [0.717, 1.165) is 55.2 Å². The molecule has 4 heteroatoms. The van der Waals surface area contributed by atoms with E-state index < -0.39 is 6.16 Å². The highest BCUT2D eigenvalue weighted by Crippen LogP contribution is 2.36. The zero-order valence-corrected chi connectivity index (χ0v) is 12.5. The molecule has 0 saturated carbocycles. The van der Waals surface area contributed by atoms with Crippen molar-refractivity contribution in [3.63, 3.8) is 0 Å². The van der Waals surface area contributed by atoms with Gasteiger partial charge in [-0.2, -0.15) is 0 Å². The summed E-state index contributed by atoms with van der Waals surface area (Å²) in [6.45, 7) is 6.18. The van der Waals surface area contributed by atoms with Gasteiger partial charge in [-0.25, -0.2) is 4.79 Å². The number of benzene rings is 1. The Hall–Kier alpha value is -1.71. The lowest BCUT2D eigenvalue weighted by atomic mass is 9.94. The number of carboxylic acid groups (broad SMARTS) is 1. The zero-order chi connectivity index (χ0) is 15.1. The third-order valence-electron chi connectivity index (χ3n) is 3.51. The topological polar surface area (TPSA) is 66.8 Å². The Kier molecular flexibility index (Phi) is 6.36. The minimum absolute atomic E-state index is 0.0270. The number of hydrogen-bond acceptors (Lipinski definition) is 3. The van der Waals surface area contributed by atoms with Crippen molar-refractivity contribution in [2.45, 2.75) is 59.3 Å². The first kappa shape index (κ1) is 16.3. The molecule has 112 valence electrons. The third kappa shape index (κ3) is 4.15. The van der Waals surface area contributed by atoms with Gasteiger partial charge in [-0.05, 0) is 43.4 Å². The predicted molar refractivity (Wildman–Crippen MR) is 78.7 cm³/mol. The van der Waals surface area contributed by atoms with E-state index in [-0.39, 0.29) is 11.5 Å². The van der Waals surface area contributed by atoms with Crippen LogP contribution in [0.15, 0.2) is 6.07 Å². The zero-order valence-electron chi connectivity index (χ0n) is 12.5. The molecule has 0 atom stereocenters. The summed E-state index contributed by atoms with van der Waals surface area (Å²) in [7, 11) is 0. The molecule has 2 N–H and O–H groups in total. The summed E-state index contributed by atoms with van der Waals surface area (Å²) in [5.41, 5.74) is 2.92. The Bertz CT molecular complexity index is 466. The summed E-state index contributed by atoms with van der Waals surface area (Å²) in [5, 5.41) is 19.0. The van der Waals surface area contributed by atoms with E-state index in [9.17, 15) is 9.90 Å². The average Bonchev–Trinajstić information content (AvgIpc) is 2.39. The maximum absolute atomic E-state index is 10.7.